The third kappa shape index (κ3) is 3.74. The van der Waals surface area contributed by atoms with Crippen molar-refractivity contribution >= 4 is 10.9 Å². The first-order valence-electron chi connectivity index (χ1n) is 11.0. The smallest absolute Gasteiger partial charge is 0.291 e. The van der Waals surface area contributed by atoms with Crippen LogP contribution in [-0.4, -0.2) is 57.0 Å². The Labute approximate surface area is 175 Å². The number of halogens is 1. The number of nitrogens with zero attached hydrogens (tertiary/aromatic N) is 5. The van der Waals surface area contributed by atoms with E-state index in [9.17, 15) is 4.39 Å². The van der Waals surface area contributed by atoms with Gasteiger partial charge in [0.25, 0.3) is 5.95 Å². The Morgan fingerprint density at radius 3 is 3.00 bits per heavy atom. The van der Waals surface area contributed by atoms with E-state index in [1.165, 1.54) is 23.6 Å². The van der Waals surface area contributed by atoms with E-state index in [1.54, 1.807) is 6.07 Å². The second-order valence-electron chi connectivity index (χ2n) is 8.99. The van der Waals surface area contributed by atoms with E-state index in [4.69, 9.17) is 4.52 Å². The van der Waals surface area contributed by atoms with Gasteiger partial charge in [0.2, 0.25) is 5.89 Å². The van der Waals surface area contributed by atoms with Crippen molar-refractivity contribution in [1.29, 1.82) is 0 Å². The number of para-hydroxylation sites is 1. The van der Waals surface area contributed by atoms with E-state index in [0.717, 1.165) is 50.1 Å². The van der Waals surface area contributed by atoms with Crippen LogP contribution in [0.1, 0.15) is 50.6 Å². The molecule has 0 bridgehead atoms. The molecule has 1 aromatic carbocycles. The van der Waals surface area contributed by atoms with Gasteiger partial charge in [0.15, 0.2) is 0 Å². The molecule has 0 amide bonds. The number of hydrogen-bond acceptors (Lipinski definition) is 6. The number of benzene rings is 1. The van der Waals surface area contributed by atoms with Gasteiger partial charge < -0.3 is 14.7 Å². The van der Waals surface area contributed by atoms with Crippen LogP contribution in [0.15, 0.2) is 22.7 Å². The number of nitrogens with one attached hydrogen (secondary N) is 1. The van der Waals surface area contributed by atoms with Crippen LogP contribution in [-0.2, 0) is 6.42 Å². The van der Waals surface area contributed by atoms with Crippen LogP contribution in [0.3, 0.4) is 0 Å². The van der Waals surface area contributed by atoms with Gasteiger partial charge in [0, 0.05) is 30.9 Å². The largest absolute Gasteiger partial charge is 0.337 e. The van der Waals surface area contributed by atoms with Gasteiger partial charge >= 0.3 is 0 Å². The summed E-state index contributed by atoms with van der Waals surface area (Å²) in [6.45, 7) is 8.55. The highest BCUT2D eigenvalue weighted by atomic mass is 19.1. The molecule has 2 aromatic heterocycles. The van der Waals surface area contributed by atoms with Gasteiger partial charge in [0.1, 0.15) is 11.3 Å². The van der Waals surface area contributed by atoms with Crippen molar-refractivity contribution in [1.82, 2.24) is 30.1 Å². The summed E-state index contributed by atoms with van der Waals surface area (Å²) in [6, 6.07) is 5.68. The van der Waals surface area contributed by atoms with Crippen molar-refractivity contribution in [3.63, 3.8) is 0 Å². The summed E-state index contributed by atoms with van der Waals surface area (Å²) in [6.07, 6.45) is 4.45. The number of likely N-dealkylation sites (tertiary alicyclic amines) is 1. The Morgan fingerprint density at radius 2 is 2.20 bits per heavy atom. The maximum absolute atomic E-state index is 14.6. The van der Waals surface area contributed by atoms with Crippen LogP contribution >= 0.6 is 0 Å². The minimum atomic E-state index is -0.329. The minimum Gasteiger partial charge on any atom is -0.337 e. The molecule has 7 nitrogen and oxygen atoms in total. The lowest BCUT2D eigenvalue weighted by Crippen LogP contribution is -2.36. The Balaban J connectivity index is 1.32. The van der Waals surface area contributed by atoms with Crippen molar-refractivity contribution in [2.45, 2.75) is 51.5 Å². The summed E-state index contributed by atoms with van der Waals surface area (Å²) >= 11 is 0. The lowest BCUT2D eigenvalue weighted by atomic mass is 10.1. The highest BCUT2D eigenvalue weighted by Gasteiger charge is 2.28. The molecular formula is C22H29FN6O. The molecular weight excluding hydrogens is 383 g/mol. The van der Waals surface area contributed by atoms with Crippen LogP contribution in [0.25, 0.3) is 16.9 Å². The molecule has 2 fully saturated rings. The van der Waals surface area contributed by atoms with Crippen LogP contribution in [0, 0.1) is 11.7 Å². The molecule has 5 rings (SSSR count). The normalized spacial score (nSPS) is 22.7. The number of fused-ring (bicyclic) bond motifs is 1. The monoisotopic (exact) mass is 412 g/mol. The predicted molar refractivity (Wildman–Crippen MR) is 112 cm³/mol. The zero-order valence-electron chi connectivity index (χ0n) is 17.6. The number of hydrogen-bond donors (Lipinski definition) is 1. The summed E-state index contributed by atoms with van der Waals surface area (Å²) < 4.78 is 21.6. The summed E-state index contributed by atoms with van der Waals surface area (Å²) in [5.41, 5.74) is 1.24. The van der Waals surface area contributed by atoms with Crippen molar-refractivity contribution in [2.75, 3.05) is 26.2 Å². The molecule has 30 heavy (non-hydrogen) atoms. The van der Waals surface area contributed by atoms with Crippen molar-refractivity contribution in [3.05, 3.63) is 35.6 Å². The molecule has 8 heteroatoms. The molecule has 2 aliphatic heterocycles. The summed E-state index contributed by atoms with van der Waals surface area (Å²) in [7, 11) is 0. The molecule has 2 atom stereocenters. The second-order valence-corrected chi connectivity index (χ2v) is 8.99. The molecule has 160 valence electrons. The van der Waals surface area contributed by atoms with Gasteiger partial charge in [-0.1, -0.05) is 26.0 Å². The maximum Gasteiger partial charge on any atom is 0.291 e. The van der Waals surface area contributed by atoms with Crippen LogP contribution in [0.2, 0.25) is 0 Å². The lowest BCUT2D eigenvalue weighted by molar-refractivity contribution is 0.285. The minimum absolute atomic E-state index is 0.167. The van der Waals surface area contributed by atoms with Gasteiger partial charge in [-0.3, -0.25) is 0 Å². The number of rotatable bonds is 6. The van der Waals surface area contributed by atoms with Crippen molar-refractivity contribution < 1.29 is 8.91 Å². The molecule has 0 saturated carbocycles. The Kier molecular flexibility index (Phi) is 5.28. The zero-order chi connectivity index (χ0) is 20.7. The van der Waals surface area contributed by atoms with E-state index >= 15 is 0 Å². The van der Waals surface area contributed by atoms with Crippen LogP contribution < -0.4 is 5.32 Å². The van der Waals surface area contributed by atoms with Crippen molar-refractivity contribution in [2.24, 2.45) is 5.92 Å². The van der Waals surface area contributed by atoms with E-state index in [2.05, 4.69) is 25.5 Å². The average molecular weight is 413 g/mol. The number of aromatic nitrogens is 4. The average Bonchev–Trinajstić information content (AvgIpc) is 3.49. The summed E-state index contributed by atoms with van der Waals surface area (Å²) in [5, 5.41) is 13.1. The van der Waals surface area contributed by atoms with Crippen molar-refractivity contribution in [3.8, 4) is 5.95 Å². The fraction of sp³-hybridized carbons (Fsp3) is 0.591. The first kappa shape index (κ1) is 19.6. The van der Waals surface area contributed by atoms with Gasteiger partial charge in [0.05, 0.1) is 5.69 Å². The van der Waals surface area contributed by atoms with Gasteiger partial charge in [-0.05, 0) is 55.4 Å². The lowest BCUT2D eigenvalue weighted by Gasteiger charge is -2.20. The maximum atomic E-state index is 14.6. The molecule has 0 unspecified atom stereocenters. The zero-order valence-corrected chi connectivity index (χ0v) is 17.6. The molecule has 0 aliphatic carbocycles. The Bertz CT molecular complexity index is 1020. The fourth-order valence-electron chi connectivity index (χ4n) is 4.85. The van der Waals surface area contributed by atoms with E-state index in [1.807, 2.05) is 19.9 Å². The van der Waals surface area contributed by atoms with Gasteiger partial charge in [-0.15, -0.1) is 0 Å². The molecule has 0 spiro atoms. The molecule has 2 saturated heterocycles. The first-order valence-corrected chi connectivity index (χ1v) is 11.0. The predicted octanol–water partition coefficient (Wildman–Crippen LogP) is 3.29. The Hall–Kier alpha value is -2.32. The molecule has 3 aromatic rings. The molecule has 4 heterocycles. The summed E-state index contributed by atoms with van der Waals surface area (Å²) in [5.74, 6) is 1.25. The molecule has 1 N–H and O–H groups in total. The van der Waals surface area contributed by atoms with E-state index < -0.39 is 0 Å². The van der Waals surface area contributed by atoms with E-state index in [-0.39, 0.29) is 11.7 Å². The third-order valence-corrected chi connectivity index (χ3v) is 6.35. The van der Waals surface area contributed by atoms with Crippen LogP contribution in [0.5, 0.6) is 0 Å². The molecule has 2 aliphatic rings. The quantitative estimate of drug-likeness (QED) is 0.670. The van der Waals surface area contributed by atoms with Gasteiger partial charge in [-0.2, -0.15) is 14.8 Å². The highest BCUT2D eigenvalue weighted by molar-refractivity contribution is 5.84. The first-order chi connectivity index (χ1) is 14.6. The Morgan fingerprint density at radius 1 is 1.30 bits per heavy atom. The molecule has 0 radical (unpaired) electrons. The van der Waals surface area contributed by atoms with Gasteiger partial charge in [-0.25, -0.2) is 4.39 Å². The third-order valence-electron chi connectivity index (χ3n) is 6.35. The summed E-state index contributed by atoms with van der Waals surface area (Å²) in [4.78, 5) is 7.10. The SMILES string of the molecule is CC(C)c1nn(-c2noc(C[C@H]3CCN(C[C@H]4CCCN4)C3)n2)c2c(F)cccc12. The fourth-order valence-corrected chi connectivity index (χ4v) is 4.85. The topological polar surface area (TPSA) is 72.0 Å². The van der Waals surface area contributed by atoms with Crippen LogP contribution in [0.4, 0.5) is 4.39 Å². The second kappa shape index (κ2) is 8.07. The van der Waals surface area contributed by atoms with E-state index in [0.29, 0.717) is 29.3 Å². The highest BCUT2D eigenvalue weighted by Crippen LogP contribution is 2.28. The standard InChI is InChI=1S/C22H29FN6O/c1-14(2)20-17-6-3-7-18(23)21(17)29(26-20)22-25-19(30-27-22)11-15-8-10-28(12-15)13-16-5-4-9-24-16/h3,6-7,14-16,24H,4-5,8-13H2,1-2H3/t15-,16-/m1/s1.